The maximum atomic E-state index is 17.7. The molecule has 2 aliphatic heterocycles. The van der Waals surface area contributed by atoms with Gasteiger partial charge in [0, 0.05) is 49.2 Å². The van der Waals surface area contributed by atoms with Crippen LogP contribution in [0.4, 0.5) is 19.4 Å². The average Bonchev–Trinajstić information content (AvgIpc) is 3.54. The molecule has 3 atom stereocenters. The van der Waals surface area contributed by atoms with Gasteiger partial charge in [-0.05, 0) is 95.1 Å². The van der Waals surface area contributed by atoms with E-state index in [-0.39, 0.29) is 70.0 Å². The molecule has 1 amide bonds. The minimum Gasteiger partial charge on any atom is -0.480 e. The number of pyridine rings is 1. The molecule has 16 heteroatoms. The summed E-state index contributed by atoms with van der Waals surface area (Å²) in [7, 11) is 0.625. The molecule has 338 valence electrons. The first kappa shape index (κ1) is 45.6. The number of aromatic nitrogens is 3. The van der Waals surface area contributed by atoms with E-state index in [2.05, 4.69) is 33.9 Å². The zero-order chi connectivity index (χ0) is 44.8. The second-order valence-electron chi connectivity index (χ2n) is 19.8. The lowest BCUT2D eigenvalue weighted by Gasteiger charge is -2.46. The molecule has 0 spiro atoms. The Hall–Kier alpha value is -4.38. The van der Waals surface area contributed by atoms with Crippen LogP contribution < -0.4 is 19.1 Å². The Morgan fingerprint density at radius 1 is 0.984 bits per heavy atom. The molecule has 0 N–H and O–H groups in total. The maximum Gasteiger partial charge on any atom is 0.410 e. The van der Waals surface area contributed by atoms with Crippen LogP contribution in [-0.4, -0.2) is 112 Å². The normalized spacial score (nSPS) is 22.4. The number of hydrogen-bond acceptors (Lipinski definition) is 12. The molecule has 0 unspecified atom stereocenters. The highest BCUT2D eigenvalue weighted by molar-refractivity contribution is 6.74. The number of piperidine rings is 1. The molecule has 13 nitrogen and oxygen atoms in total. The van der Waals surface area contributed by atoms with Gasteiger partial charge in [-0.3, -0.25) is 0 Å². The van der Waals surface area contributed by atoms with E-state index in [9.17, 15) is 4.79 Å². The monoisotopic (exact) mass is 879 g/mol. The van der Waals surface area contributed by atoms with Gasteiger partial charge in [-0.2, -0.15) is 9.97 Å². The number of nitrogens with zero attached hydrogens (tertiary/aromatic N) is 5. The molecule has 2 aromatic carbocycles. The van der Waals surface area contributed by atoms with Gasteiger partial charge in [0.1, 0.15) is 39.6 Å². The van der Waals surface area contributed by atoms with Gasteiger partial charge in [-0.1, -0.05) is 39.3 Å². The summed E-state index contributed by atoms with van der Waals surface area (Å²) in [6.45, 7) is 20.8. The number of benzene rings is 2. The van der Waals surface area contributed by atoms with Crippen LogP contribution in [0.15, 0.2) is 30.3 Å². The molecule has 1 aliphatic carbocycles. The number of carbonyl (C=O) groups is 1. The number of amides is 1. The number of rotatable bonds is 11. The van der Waals surface area contributed by atoms with Crippen LogP contribution in [0.1, 0.15) is 80.6 Å². The lowest BCUT2D eigenvalue weighted by atomic mass is 9.75. The summed E-state index contributed by atoms with van der Waals surface area (Å²) in [6, 6.07) is 7.67. The van der Waals surface area contributed by atoms with Crippen molar-refractivity contribution in [2.45, 2.75) is 116 Å². The molecular weight excluding hydrogens is 817 g/mol. The molecule has 2 saturated heterocycles. The van der Waals surface area contributed by atoms with Crippen molar-refractivity contribution in [3.8, 4) is 28.9 Å². The van der Waals surface area contributed by atoms with Crippen LogP contribution in [0.2, 0.25) is 18.1 Å². The molecule has 7 rings (SSSR count). The highest BCUT2D eigenvalue weighted by Crippen LogP contribution is 2.49. The molecule has 3 fully saturated rings. The summed E-state index contributed by atoms with van der Waals surface area (Å²) >= 11 is 0. The minimum absolute atomic E-state index is 0.0394. The van der Waals surface area contributed by atoms with Crippen molar-refractivity contribution < 1.29 is 46.4 Å². The molecule has 0 bridgehead atoms. The standard InChI is InChI=1S/C46H63F2N5O8Si/c1-43(2,3)60-42(54)53-20-14-19-46(18-13-17-33(46)53)27-58-41-50-38-35(39(51-41)52-21-22-57-26-45(7,25-52)61-62(10,11)44(4,5)6)40(56-9)49-37(36(38)48)31-24-30(59-28-55-8)23-29-15-12-16-32(47)34(29)31/h12,15-16,23-24,33H,13-14,17-22,25-28H2,1-11H3/t33-,45+,46-/m1/s1. The number of hydrogen-bond donors (Lipinski definition) is 0. The van der Waals surface area contributed by atoms with Gasteiger partial charge < -0.3 is 42.6 Å². The van der Waals surface area contributed by atoms with Gasteiger partial charge in [-0.15, -0.1) is 0 Å². The first-order valence-electron chi connectivity index (χ1n) is 21.6. The van der Waals surface area contributed by atoms with Gasteiger partial charge in [0.25, 0.3) is 0 Å². The van der Waals surface area contributed by atoms with E-state index in [4.69, 9.17) is 47.8 Å². The van der Waals surface area contributed by atoms with Gasteiger partial charge in [0.05, 0.1) is 32.5 Å². The van der Waals surface area contributed by atoms with E-state index in [1.165, 1.54) is 26.4 Å². The fourth-order valence-corrected chi connectivity index (χ4v) is 10.8. The van der Waals surface area contributed by atoms with Crippen LogP contribution in [0.5, 0.6) is 17.6 Å². The van der Waals surface area contributed by atoms with Gasteiger partial charge in [0.2, 0.25) is 5.88 Å². The molecular formula is C46H63F2N5O8Si. The maximum absolute atomic E-state index is 17.7. The van der Waals surface area contributed by atoms with Crippen molar-refractivity contribution in [2.24, 2.45) is 5.41 Å². The van der Waals surface area contributed by atoms with Crippen molar-refractivity contribution in [1.82, 2.24) is 19.9 Å². The third-order valence-electron chi connectivity index (χ3n) is 12.9. The van der Waals surface area contributed by atoms with Crippen LogP contribution in [0.25, 0.3) is 32.9 Å². The SMILES string of the molecule is COCOc1cc(-c2nc(OC)c3c(N4CCOC[C@@](C)(O[Si](C)(C)C(C)(C)C)C4)nc(OC[C@]45CCC[C@H]4N(C(=O)OC(C)(C)C)CCC5)nc3c2F)c2c(F)cccc2c1. The second kappa shape index (κ2) is 17.3. The van der Waals surface area contributed by atoms with Crippen molar-refractivity contribution in [3.63, 3.8) is 0 Å². The lowest BCUT2D eigenvalue weighted by Crippen LogP contribution is -2.55. The highest BCUT2D eigenvalue weighted by atomic mass is 28.4. The summed E-state index contributed by atoms with van der Waals surface area (Å²) in [6.07, 6.45) is 3.84. The lowest BCUT2D eigenvalue weighted by molar-refractivity contribution is -0.0282. The van der Waals surface area contributed by atoms with E-state index in [0.717, 1.165) is 32.1 Å². The second-order valence-corrected chi connectivity index (χ2v) is 24.5. The number of ether oxygens (including phenoxy) is 6. The predicted octanol–water partition coefficient (Wildman–Crippen LogP) is 9.68. The number of halogens is 2. The Morgan fingerprint density at radius 3 is 2.45 bits per heavy atom. The van der Waals surface area contributed by atoms with Crippen LogP contribution in [0, 0.1) is 17.0 Å². The first-order chi connectivity index (χ1) is 29.2. The minimum atomic E-state index is -2.31. The average molecular weight is 880 g/mol. The number of anilines is 1. The highest BCUT2D eigenvalue weighted by Gasteiger charge is 2.51. The van der Waals surface area contributed by atoms with Crippen molar-refractivity contribution in [2.75, 3.05) is 65.4 Å². The molecule has 3 aliphatic rings. The van der Waals surface area contributed by atoms with E-state index >= 15 is 8.78 Å². The first-order valence-corrected chi connectivity index (χ1v) is 24.5. The number of carbonyl (C=O) groups excluding carboxylic acids is 1. The van der Waals surface area contributed by atoms with E-state index in [0.29, 0.717) is 49.8 Å². The third kappa shape index (κ3) is 9.16. The van der Waals surface area contributed by atoms with Gasteiger partial charge >= 0.3 is 12.1 Å². The Morgan fingerprint density at radius 2 is 1.74 bits per heavy atom. The smallest absolute Gasteiger partial charge is 0.410 e. The fraction of sp³-hybridized carbons (Fsp3) is 0.609. The zero-order valence-corrected chi connectivity index (χ0v) is 39.2. The number of likely N-dealkylation sites (tertiary alicyclic amines) is 1. The molecule has 1 saturated carbocycles. The Balaban J connectivity index is 1.38. The molecule has 4 heterocycles. The quantitative estimate of drug-likeness (QED) is 0.105. The number of methoxy groups -OCH3 is 2. The van der Waals surface area contributed by atoms with Crippen LogP contribution >= 0.6 is 0 Å². The van der Waals surface area contributed by atoms with Crippen LogP contribution in [0.3, 0.4) is 0 Å². The third-order valence-corrected chi connectivity index (χ3v) is 17.5. The van der Waals surface area contributed by atoms with Crippen molar-refractivity contribution >= 4 is 41.9 Å². The van der Waals surface area contributed by atoms with E-state index < -0.39 is 36.6 Å². The molecule has 62 heavy (non-hydrogen) atoms. The topological polar surface area (TPSA) is 127 Å². The van der Waals surface area contributed by atoms with Gasteiger partial charge in [0.15, 0.2) is 20.9 Å². The number of fused-ring (bicyclic) bond motifs is 3. The Bertz CT molecular complexity index is 2300. The van der Waals surface area contributed by atoms with Crippen molar-refractivity contribution in [1.29, 1.82) is 0 Å². The van der Waals surface area contributed by atoms with Crippen LogP contribution in [-0.2, 0) is 18.6 Å². The fourth-order valence-electron chi connectivity index (χ4n) is 9.12. The van der Waals surface area contributed by atoms with Crippen molar-refractivity contribution in [3.05, 3.63) is 42.0 Å². The largest absolute Gasteiger partial charge is 0.480 e. The summed E-state index contributed by atoms with van der Waals surface area (Å²) in [4.78, 5) is 31.9. The summed E-state index contributed by atoms with van der Waals surface area (Å²) in [5, 5.41) is 0.774. The molecule has 0 radical (unpaired) electrons. The Kier molecular flexibility index (Phi) is 12.7. The summed E-state index contributed by atoms with van der Waals surface area (Å²) in [5.41, 5.74) is -1.96. The Labute approximate surface area is 364 Å². The molecule has 4 aromatic rings. The van der Waals surface area contributed by atoms with E-state index in [1.807, 2.05) is 37.5 Å². The van der Waals surface area contributed by atoms with Gasteiger partial charge in [-0.25, -0.2) is 18.6 Å². The predicted molar refractivity (Wildman–Crippen MR) is 237 cm³/mol. The zero-order valence-electron chi connectivity index (χ0n) is 38.2. The summed E-state index contributed by atoms with van der Waals surface area (Å²) in [5.74, 6) is -0.677. The summed E-state index contributed by atoms with van der Waals surface area (Å²) < 4.78 is 76.2. The molecule has 2 aromatic heterocycles. The van der Waals surface area contributed by atoms with E-state index in [1.54, 1.807) is 18.2 Å².